The number of carbonyl (C=O) groups is 2. The van der Waals surface area contributed by atoms with Crippen LogP contribution in [-0.4, -0.2) is 23.3 Å². The number of nitrogens with two attached hydrogens (primary N) is 1. The van der Waals surface area contributed by atoms with E-state index >= 15 is 0 Å². The normalized spacial score (nSPS) is 9.00. The molecule has 0 aromatic heterocycles. The molecule has 0 saturated heterocycles. The van der Waals surface area contributed by atoms with E-state index in [0.29, 0.717) is 0 Å². The summed E-state index contributed by atoms with van der Waals surface area (Å²) >= 11 is 0. The fourth-order valence-electron chi connectivity index (χ4n) is 0.302. The van der Waals surface area contributed by atoms with Gasteiger partial charge in [-0.2, -0.15) is 0 Å². The Bertz CT molecular complexity index is 127. The summed E-state index contributed by atoms with van der Waals surface area (Å²) in [4.78, 5) is 18.4. The van der Waals surface area contributed by atoms with Crippen LogP contribution in [0, 0.1) is 0 Å². The lowest BCUT2D eigenvalue weighted by molar-refractivity contribution is -0.122. The quantitative estimate of drug-likeness (QED) is 0.511. The van der Waals surface area contributed by atoms with Gasteiger partial charge in [0.15, 0.2) is 0 Å². The summed E-state index contributed by atoms with van der Waals surface area (Å²) in [6.45, 7) is 5.04. The van der Waals surface area contributed by atoms with Gasteiger partial charge in [-0.15, -0.1) is 0 Å². The summed E-state index contributed by atoms with van der Waals surface area (Å²) in [5.41, 5.74) is 4.26. The molecule has 0 saturated carbocycles. The lowest BCUT2D eigenvalue weighted by atomic mass is 10.2. The molecule has 66 valence electrons. The minimum Gasteiger partial charge on any atom is -0.483 e. The van der Waals surface area contributed by atoms with Gasteiger partial charge in [-0.3, -0.25) is 4.79 Å². The van der Waals surface area contributed by atoms with Gasteiger partial charge in [-0.1, -0.05) is 0 Å². The van der Waals surface area contributed by atoms with Crippen molar-refractivity contribution in [3.8, 4) is 0 Å². The van der Waals surface area contributed by atoms with Crippen LogP contribution in [0.5, 0.6) is 0 Å². The van der Waals surface area contributed by atoms with Gasteiger partial charge in [0.25, 0.3) is 6.47 Å². The van der Waals surface area contributed by atoms with Crippen LogP contribution < -0.4 is 5.73 Å². The summed E-state index contributed by atoms with van der Waals surface area (Å²) < 4.78 is 4.58. The second kappa shape index (κ2) is 5.52. The molecule has 0 aromatic carbocycles. The van der Waals surface area contributed by atoms with Crippen LogP contribution in [-0.2, 0) is 9.53 Å². The van der Waals surface area contributed by atoms with Gasteiger partial charge in [0.1, 0.15) is 5.60 Å². The van der Waals surface area contributed by atoms with Crippen LogP contribution in [0.25, 0.3) is 0 Å². The Morgan fingerprint density at radius 2 is 1.82 bits per heavy atom. The molecule has 0 aromatic rings. The van der Waals surface area contributed by atoms with Crippen LogP contribution in [0.2, 0.25) is 0 Å². The summed E-state index contributed by atoms with van der Waals surface area (Å²) in [6.07, 6.45) is -0.725. The molecule has 0 aliphatic rings. The molecule has 0 spiro atoms. The van der Waals surface area contributed by atoms with Crippen LogP contribution >= 0.6 is 0 Å². The predicted molar refractivity (Wildman–Crippen MR) is 39.1 cm³/mol. The summed E-state index contributed by atoms with van der Waals surface area (Å²) in [5.74, 6) is 0. The number of rotatable bonds is 0. The number of ether oxygens (including phenoxy) is 1. The highest BCUT2D eigenvalue weighted by atomic mass is 16.6. The van der Waals surface area contributed by atoms with Crippen LogP contribution in [0.15, 0.2) is 0 Å². The molecule has 11 heavy (non-hydrogen) atoms. The van der Waals surface area contributed by atoms with Gasteiger partial charge in [0.2, 0.25) is 0 Å². The molecule has 0 bridgehead atoms. The molecule has 0 heterocycles. The first-order chi connectivity index (χ1) is 4.83. The maximum atomic E-state index is 10.0. The molecule has 1 amide bonds. The minimum absolute atomic E-state index is 0.250. The van der Waals surface area contributed by atoms with Gasteiger partial charge in [0.05, 0.1) is 0 Å². The largest absolute Gasteiger partial charge is 0.483 e. The fourth-order valence-corrected chi connectivity index (χ4v) is 0.302. The molecular weight excluding hydrogens is 150 g/mol. The first kappa shape index (κ1) is 12.4. The maximum absolute atomic E-state index is 10.0. The lowest BCUT2D eigenvalue weighted by Crippen LogP contribution is -2.27. The summed E-state index contributed by atoms with van der Waals surface area (Å²) in [6, 6.07) is 0. The smallest absolute Gasteiger partial charge is 0.405 e. The number of carbonyl (C=O) groups excluding carboxylic acids is 1. The molecule has 0 aliphatic heterocycles. The van der Waals surface area contributed by atoms with Gasteiger partial charge in [-0.05, 0) is 20.8 Å². The average molecular weight is 163 g/mol. The highest BCUT2D eigenvalue weighted by Gasteiger charge is 2.12. The third-order valence-electron chi connectivity index (χ3n) is 0.407. The van der Waals surface area contributed by atoms with Crippen molar-refractivity contribution >= 4 is 12.6 Å². The average Bonchev–Trinajstić information content (AvgIpc) is 1.57. The topological polar surface area (TPSA) is 89.6 Å². The van der Waals surface area contributed by atoms with E-state index < -0.39 is 11.7 Å². The number of amides is 1. The van der Waals surface area contributed by atoms with E-state index in [1.807, 2.05) is 0 Å². The second-order valence-electron chi connectivity index (χ2n) is 2.64. The van der Waals surface area contributed by atoms with Gasteiger partial charge in [0, 0.05) is 0 Å². The van der Waals surface area contributed by atoms with E-state index in [-0.39, 0.29) is 6.47 Å². The Balaban J connectivity index is 0. The fraction of sp³-hybridized carbons (Fsp3) is 0.667. The van der Waals surface area contributed by atoms with Crippen molar-refractivity contribution in [3.05, 3.63) is 0 Å². The number of hydrogen-bond donors (Lipinski definition) is 2. The Morgan fingerprint density at radius 3 is 1.82 bits per heavy atom. The van der Waals surface area contributed by atoms with E-state index in [0.717, 1.165) is 0 Å². The minimum atomic E-state index is -0.725. The molecule has 0 rings (SSSR count). The first-order valence-corrected chi connectivity index (χ1v) is 2.89. The first-order valence-electron chi connectivity index (χ1n) is 2.89. The molecule has 0 atom stereocenters. The van der Waals surface area contributed by atoms with E-state index in [1.165, 1.54) is 0 Å². The zero-order valence-electron chi connectivity index (χ0n) is 6.83. The zero-order valence-corrected chi connectivity index (χ0v) is 6.83. The standard InChI is InChI=1S/C5H11NO2.CH2O2/c1-5(2,3)8-4(6)7;2-1-3/h1-3H3,(H2,6,7);1H,(H,2,3). The Hall–Kier alpha value is -1.26. The van der Waals surface area contributed by atoms with Crippen LogP contribution in [0.4, 0.5) is 4.79 Å². The predicted octanol–water partition coefficient (Wildman–Crippen LogP) is 0.581. The molecule has 0 unspecified atom stereocenters. The van der Waals surface area contributed by atoms with Gasteiger partial charge < -0.3 is 15.6 Å². The van der Waals surface area contributed by atoms with Crippen molar-refractivity contribution in [1.82, 2.24) is 0 Å². The third kappa shape index (κ3) is 28.4. The van der Waals surface area contributed by atoms with Gasteiger partial charge in [-0.25, -0.2) is 4.79 Å². The number of carboxylic acid groups (broad SMARTS) is 1. The van der Waals surface area contributed by atoms with E-state index in [1.54, 1.807) is 20.8 Å². The van der Waals surface area contributed by atoms with Crippen molar-refractivity contribution in [2.24, 2.45) is 5.73 Å². The SMILES string of the molecule is CC(C)(C)OC(N)=O.O=CO. The van der Waals surface area contributed by atoms with Crippen molar-refractivity contribution in [2.75, 3.05) is 0 Å². The van der Waals surface area contributed by atoms with Gasteiger partial charge >= 0.3 is 6.09 Å². The summed E-state index contributed by atoms with van der Waals surface area (Å²) in [5, 5.41) is 6.89. The van der Waals surface area contributed by atoms with Crippen LogP contribution in [0.1, 0.15) is 20.8 Å². The van der Waals surface area contributed by atoms with Crippen molar-refractivity contribution < 1.29 is 19.4 Å². The highest BCUT2D eigenvalue weighted by molar-refractivity contribution is 5.65. The third-order valence-corrected chi connectivity index (χ3v) is 0.407. The highest BCUT2D eigenvalue weighted by Crippen LogP contribution is 2.04. The number of primary amides is 1. The van der Waals surface area contributed by atoms with E-state index in [9.17, 15) is 4.79 Å². The molecule has 0 fully saturated rings. The Morgan fingerprint density at radius 1 is 1.55 bits per heavy atom. The lowest BCUT2D eigenvalue weighted by Gasteiger charge is -2.16. The number of hydrogen-bond acceptors (Lipinski definition) is 3. The van der Waals surface area contributed by atoms with Crippen molar-refractivity contribution in [3.63, 3.8) is 0 Å². The molecule has 3 N–H and O–H groups in total. The molecule has 0 aliphatic carbocycles. The maximum Gasteiger partial charge on any atom is 0.405 e. The van der Waals surface area contributed by atoms with Crippen molar-refractivity contribution in [1.29, 1.82) is 0 Å². The van der Waals surface area contributed by atoms with E-state index in [4.69, 9.17) is 15.6 Å². The summed E-state index contributed by atoms with van der Waals surface area (Å²) in [7, 11) is 0. The Labute approximate surface area is 65.1 Å². The second-order valence-corrected chi connectivity index (χ2v) is 2.64. The Kier molecular flexibility index (Phi) is 6.23. The molecular formula is C6H13NO4. The molecule has 0 radical (unpaired) electrons. The van der Waals surface area contributed by atoms with E-state index in [2.05, 4.69) is 4.74 Å². The van der Waals surface area contributed by atoms with Crippen LogP contribution in [0.3, 0.4) is 0 Å². The monoisotopic (exact) mass is 163 g/mol. The molecule has 5 heteroatoms. The van der Waals surface area contributed by atoms with Crippen molar-refractivity contribution in [2.45, 2.75) is 26.4 Å². The molecule has 5 nitrogen and oxygen atoms in total. The zero-order chi connectivity index (χ0) is 9.49.